The Morgan fingerprint density at radius 2 is 1.79 bits per heavy atom. The molecule has 1 aliphatic rings. The molecule has 0 radical (unpaired) electrons. The summed E-state index contributed by atoms with van der Waals surface area (Å²) in [5, 5.41) is 0. The van der Waals surface area contributed by atoms with Crippen LogP contribution in [0.4, 0.5) is 5.69 Å². The molecule has 19 heavy (non-hydrogen) atoms. The fourth-order valence-electron chi connectivity index (χ4n) is 2.44. The van der Waals surface area contributed by atoms with Crippen molar-refractivity contribution < 1.29 is 14.3 Å². The fourth-order valence-corrected chi connectivity index (χ4v) is 2.44. The molecule has 1 saturated carbocycles. The summed E-state index contributed by atoms with van der Waals surface area (Å²) < 4.78 is 4.80. The van der Waals surface area contributed by atoms with E-state index in [1.54, 1.807) is 11.9 Å². The van der Waals surface area contributed by atoms with E-state index in [0.29, 0.717) is 12.8 Å². The molecule has 1 amide bonds. The van der Waals surface area contributed by atoms with Gasteiger partial charge in [-0.1, -0.05) is 24.1 Å². The van der Waals surface area contributed by atoms with E-state index in [9.17, 15) is 9.59 Å². The van der Waals surface area contributed by atoms with Gasteiger partial charge >= 0.3 is 5.97 Å². The Morgan fingerprint density at radius 1 is 1.21 bits per heavy atom. The normalized spacial score (nSPS) is 16.4. The minimum Gasteiger partial charge on any atom is -0.468 e. The lowest BCUT2D eigenvalue weighted by Gasteiger charge is -2.39. The molecule has 0 N–H and O–H groups in total. The predicted octanol–water partition coefficient (Wildman–Crippen LogP) is 2.30. The van der Waals surface area contributed by atoms with Crippen LogP contribution >= 0.6 is 0 Å². The summed E-state index contributed by atoms with van der Waals surface area (Å²) >= 11 is 0. The van der Waals surface area contributed by atoms with Crippen molar-refractivity contribution in [3.8, 4) is 0 Å². The minimum atomic E-state index is -0.964. The zero-order valence-electron chi connectivity index (χ0n) is 11.6. The van der Waals surface area contributed by atoms with E-state index < -0.39 is 11.4 Å². The predicted molar refractivity (Wildman–Crippen MR) is 72.9 cm³/mol. The Kier molecular flexibility index (Phi) is 3.60. The molecule has 0 unspecified atom stereocenters. The third-order valence-electron chi connectivity index (χ3n) is 3.92. The van der Waals surface area contributed by atoms with Crippen molar-refractivity contribution in [2.75, 3.05) is 19.1 Å². The highest BCUT2D eigenvalue weighted by Crippen LogP contribution is 2.44. The van der Waals surface area contributed by atoms with Gasteiger partial charge in [0.2, 0.25) is 5.91 Å². The first-order chi connectivity index (χ1) is 9.01. The lowest BCUT2D eigenvalue weighted by atomic mass is 9.67. The molecule has 4 nitrogen and oxygen atoms in total. The second-order valence-corrected chi connectivity index (χ2v) is 5.13. The molecule has 0 aliphatic heterocycles. The molecule has 0 bridgehead atoms. The highest BCUT2D eigenvalue weighted by atomic mass is 16.5. The number of benzene rings is 1. The van der Waals surface area contributed by atoms with Crippen LogP contribution in [0.5, 0.6) is 0 Å². The molecule has 4 heteroatoms. The topological polar surface area (TPSA) is 46.6 Å². The Morgan fingerprint density at radius 3 is 2.21 bits per heavy atom. The summed E-state index contributed by atoms with van der Waals surface area (Å²) in [6, 6.07) is 7.67. The summed E-state index contributed by atoms with van der Waals surface area (Å²) in [6.07, 6.45) is 2.05. The lowest BCUT2D eigenvalue weighted by Crippen LogP contribution is -2.52. The van der Waals surface area contributed by atoms with Crippen molar-refractivity contribution in [1.82, 2.24) is 0 Å². The van der Waals surface area contributed by atoms with Gasteiger partial charge in [-0.3, -0.25) is 9.59 Å². The molecule has 1 aliphatic carbocycles. The maximum Gasteiger partial charge on any atom is 0.321 e. The number of hydrogen-bond acceptors (Lipinski definition) is 3. The Labute approximate surface area is 113 Å². The number of carbonyl (C=O) groups excluding carboxylic acids is 2. The highest BCUT2D eigenvalue weighted by molar-refractivity contribution is 6.10. The zero-order chi connectivity index (χ0) is 14.0. The molecule has 0 aromatic heterocycles. The summed E-state index contributed by atoms with van der Waals surface area (Å²) in [7, 11) is 3.04. The molecule has 0 spiro atoms. The van der Waals surface area contributed by atoms with Gasteiger partial charge < -0.3 is 9.64 Å². The van der Waals surface area contributed by atoms with Gasteiger partial charge in [0.25, 0.3) is 0 Å². The van der Waals surface area contributed by atoms with Crippen LogP contribution in [0.15, 0.2) is 24.3 Å². The van der Waals surface area contributed by atoms with Crippen LogP contribution in [0.25, 0.3) is 0 Å². The third-order valence-corrected chi connectivity index (χ3v) is 3.92. The monoisotopic (exact) mass is 261 g/mol. The molecule has 0 saturated heterocycles. The molecule has 2 rings (SSSR count). The van der Waals surface area contributed by atoms with Gasteiger partial charge in [0.05, 0.1) is 7.11 Å². The van der Waals surface area contributed by atoms with Gasteiger partial charge in [-0.15, -0.1) is 0 Å². The molecular formula is C15H19NO3. The van der Waals surface area contributed by atoms with E-state index in [4.69, 9.17) is 4.74 Å². The first-order valence-electron chi connectivity index (χ1n) is 6.44. The number of aryl methyl sites for hydroxylation is 1. The maximum atomic E-state index is 12.6. The average molecular weight is 261 g/mol. The SMILES string of the molecule is COC(=O)C1(C(=O)N(C)c2ccc(C)cc2)CCC1. The molecule has 0 heterocycles. The van der Waals surface area contributed by atoms with Gasteiger partial charge in [0.15, 0.2) is 0 Å². The van der Waals surface area contributed by atoms with Crippen LogP contribution in [-0.2, 0) is 14.3 Å². The summed E-state index contributed by atoms with van der Waals surface area (Å²) in [6.45, 7) is 1.99. The zero-order valence-corrected chi connectivity index (χ0v) is 11.6. The quantitative estimate of drug-likeness (QED) is 0.619. The highest BCUT2D eigenvalue weighted by Gasteiger charge is 2.53. The van der Waals surface area contributed by atoms with E-state index in [1.165, 1.54) is 7.11 Å². The van der Waals surface area contributed by atoms with E-state index in [1.807, 2.05) is 31.2 Å². The van der Waals surface area contributed by atoms with Crippen molar-refractivity contribution in [3.63, 3.8) is 0 Å². The standard InChI is InChI=1S/C15H19NO3/c1-11-5-7-12(8-6-11)16(2)13(17)15(9-4-10-15)14(18)19-3/h5-8H,4,9-10H2,1-3H3. The first-order valence-corrected chi connectivity index (χ1v) is 6.44. The molecule has 1 fully saturated rings. The number of nitrogens with zero attached hydrogens (tertiary/aromatic N) is 1. The number of rotatable bonds is 3. The van der Waals surface area contributed by atoms with Crippen LogP contribution in [-0.4, -0.2) is 26.0 Å². The van der Waals surface area contributed by atoms with E-state index in [2.05, 4.69) is 0 Å². The van der Waals surface area contributed by atoms with Gasteiger partial charge in [0, 0.05) is 12.7 Å². The molecule has 1 aromatic rings. The smallest absolute Gasteiger partial charge is 0.321 e. The molecule has 0 atom stereocenters. The number of hydrogen-bond donors (Lipinski definition) is 0. The Hall–Kier alpha value is -1.84. The van der Waals surface area contributed by atoms with Crippen molar-refractivity contribution in [2.24, 2.45) is 5.41 Å². The van der Waals surface area contributed by atoms with Gasteiger partial charge in [-0.2, -0.15) is 0 Å². The van der Waals surface area contributed by atoms with Crippen molar-refractivity contribution in [2.45, 2.75) is 26.2 Å². The summed E-state index contributed by atoms with van der Waals surface area (Å²) in [5.74, 6) is -0.586. The van der Waals surface area contributed by atoms with Gasteiger partial charge in [-0.25, -0.2) is 0 Å². The number of esters is 1. The molecule has 102 valence electrons. The van der Waals surface area contributed by atoms with Crippen LogP contribution in [0, 0.1) is 12.3 Å². The second-order valence-electron chi connectivity index (χ2n) is 5.13. The first kappa shape index (κ1) is 13.6. The molecule has 1 aromatic carbocycles. The minimum absolute atomic E-state index is 0.172. The fraction of sp³-hybridized carbons (Fsp3) is 0.467. The van der Waals surface area contributed by atoms with Crippen LogP contribution < -0.4 is 4.90 Å². The lowest BCUT2D eigenvalue weighted by molar-refractivity contribution is -0.163. The van der Waals surface area contributed by atoms with Crippen molar-refractivity contribution in [3.05, 3.63) is 29.8 Å². The van der Waals surface area contributed by atoms with Crippen LogP contribution in [0.3, 0.4) is 0 Å². The van der Waals surface area contributed by atoms with Gasteiger partial charge in [-0.05, 0) is 31.9 Å². The largest absolute Gasteiger partial charge is 0.468 e. The number of carbonyl (C=O) groups is 2. The maximum absolute atomic E-state index is 12.6. The summed E-state index contributed by atoms with van der Waals surface area (Å²) in [5.41, 5.74) is 0.968. The number of ether oxygens (including phenoxy) is 1. The Bertz CT molecular complexity index is 489. The summed E-state index contributed by atoms with van der Waals surface area (Å²) in [4.78, 5) is 26.0. The average Bonchev–Trinajstić information content (AvgIpc) is 2.37. The second kappa shape index (κ2) is 5.03. The Balaban J connectivity index is 2.23. The van der Waals surface area contributed by atoms with Gasteiger partial charge in [0.1, 0.15) is 5.41 Å². The number of methoxy groups -OCH3 is 1. The van der Waals surface area contributed by atoms with Crippen molar-refractivity contribution >= 4 is 17.6 Å². The number of amides is 1. The van der Waals surface area contributed by atoms with E-state index in [-0.39, 0.29) is 5.91 Å². The molecular weight excluding hydrogens is 242 g/mol. The number of anilines is 1. The van der Waals surface area contributed by atoms with Crippen LogP contribution in [0.2, 0.25) is 0 Å². The van der Waals surface area contributed by atoms with E-state index >= 15 is 0 Å². The van der Waals surface area contributed by atoms with E-state index in [0.717, 1.165) is 17.7 Å². The van der Waals surface area contributed by atoms with Crippen LogP contribution in [0.1, 0.15) is 24.8 Å². The van der Waals surface area contributed by atoms with Crippen molar-refractivity contribution in [1.29, 1.82) is 0 Å². The third kappa shape index (κ3) is 2.23.